The van der Waals surface area contributed by atoms with E-state index in [-0.39, 0.29) is 17.4 Å². The summed E-state index contributed by atoms with van der Waals surface area (Å²) in [5, 5.41) is 8.99. The molecule has 0 amide bonds. The highest BCUT2D eigenvalue weighted by Gasteiger charge is 2.70. The Bertz CT molecular complexity index is 323. The van der Waals surface area contributed by atoms with Crippen LogP contribution in [-0.2, 0) is 9.53 Å². The van der Waals surface area contributed by atoms with Gasteiger partial charge in [0.15, 0.2) is 0 Å². The smallest absolute Gasteiger partial charge is 0.304 e. The average molecular weight is 224 g/mol. The number of fused-ring (bicyclic) bond motifs is 1. The summed E-state index contributed by atoms with van der Waals surface area (Å²) in [7, 11) is 0. The van der Waals surface area contributed by atoms with Crippen molar-refractivity contribution in [1.29, 1.82) is 0 Å². The fourth-order valence-corrected chi connectivity index (χ4v) is 3.13. The Hall–Kier alpha value is -0.830. The summed E-state index contributed by atoms with van der Waals surface area (Å²) in [5.41, 5.74) is -0.349. The highest BCUT2D eigenvalue weighted by Crippen LogP contribution is 2.64. The van der Waals surface area contributed by atoms with Crippen LogP contribution in [0.2, 0.25) is 0 Å². The van der Waals surface area contributed by atoms with E-state index in [0.29, 0.717) is 6.10 Å². The highest BCUT2D eigenvalue weighted by atomic mass is 16.6. The lowest BCUT2D eigenvalue weighted by atomic mass is 9.74. The summed E-state index contributed by atoms with van der Waals surface area (Å²) >= 11 is 0. The maximum absolute atomic E-state index is 10.9. The van der Waals surface area contributed by atoms with Crippen molar-refractivity contribution < 1.29 is 14.6 Å². The maximum atomic E-state index is 10.9. The van der Waals surface area contributed by atoms with Gasteiger partial charge in [-0.25, -0.2) is 0 Å². The lowest BCUT2D eigenvalue weighted by Gasteiger charge is -2.30. The van der Waals surface area contributed by atoms with Crippen LogP contribution in [0.15, 0.2) is 12.2 Å². The molecule has 0 aromatic heterocycles. The van der Waals surface area contributed by atoms with Crippen LogP contribution in [0, 0.1) is 5.41 Å². The molecule has 90 valence electrons. The minimum absolute atomic E-state index is 0.170. The molecule has 0 unspecified atom stereocenters. The molecule has 0 aromatic rings. The molecular weight excluding hydrogens is 204 g/mol. The van der Waals surface area contributed by atoms with E-state index in [1.807, 2.05) is 0 Å². The standard InChI is InChI=1S/C13H20O3/c1-3-4-5-7-13-10(16-13)6-8-12(13,2)9-11(14)15/h4-5,10H,3,6-9H2,1-2H3,(H,14,15)/t10-,12-,13-/m1/s1. The average Bonchev–Trinajstić information content (AvgIpc) is 2.84. The number of carboxylic acids is 1. The fourth-order valence-electron chi connectivity index (χ4n) is 3.13. The summed E-state index contributed by atoms with van der Waals surface area (Å²) < 4.78 is 5.79. The predicted octanol–water partition coefficient (Wildman–Crippen LogP) is 2.76. The van der Waals surface area contributed by atoms with Crippen molar-refractivity contribution in [3.63, 3.8) is 0 Å². The van der Waals surface area contributed by atoms with E-state index in [9.17, 15) is 4.79 Å². The molecular formula is C13H20O3. The van der Waals surface area contributed by atoms with Crippen molar-refractivity contribution in [2.45, 2.75) is 57.7 Å². The summed E-state index contributed by atoms with van der Waals surface area (Å²) in [4.78, 5) is 10.9. The van der Waals surface area contributed by atoms with E-state index in [1.165, 1.54) is 0 Å². The molecule has 0 aromatic carbocycles. The predicted molar refractivity (Wildman–Crippen MR) is 61.2 cm³/mol. The van der Waals surface area contributed by atoms with Crippen molar-refractivity contribution >= 4 is 5.97 Å². The van der Waals surface area contributed by atoms with Crippen LogP contribution in [-0.4, -0.2) is 22.8 Å². The van der Waals surface area contributed by atoms with Crippen molar-refractivity contribution in [3.05, 3.63) is 12.2 Å². The van der Waals surface area contributed by atoms with E-state index in [0.717, 1.165) is 25.7 Å². The van der Waals surface area contributed by atoms with Gasteiger partial charge in [0.2, 0.25) is 0 Å². The Morgan fingerprint density at radius 1 is 1.56 bits per heavy atom. The van der Waals surface area contributed by atoms with Gasteiger partial charge in [-0.05, 0) is 25.7 Å². The van der Waals surface area contributed by atoms with Gasteiger partial charge >= 0.3 is 5.97 Å². The molecule has 1 N–H and O–H groups in total. The molecule has 3 atom stereocenters. The van der Waals surface area contributed by atoms with Crippen molar-refractivity contribution in [2.24, 2.45) is 5.41 Å². The number of rotatable bonds is 5. The third-order valence-corrected chi connectivity index (χ3v) is 4.16. The molecule has 1 saturated heterocycles. The Labute approximate surface area is 96.5 Å². The minimum Gasteiger partial charge on any atom is -0.481 e. The Morgan fingerprint density at radius 3 is 2.88 bits per heavy atom. The topological polar surface area (TPSA) is 49.8 Å². The summed E-state index contributed by atoms with van der Waals surface area (Å²) in [6.07, 6.45) is 8.69. The number of hydrogen-bond donors (Lipinski definition) is 1. The molecule has 3 nitrogen and oxygen atoms in total. The number of hydrogen-bond acceptors (Lipinski definition) is 2. The van der Waals surface area contributed by atoms with Gasteiger partial charge in [0.1, 0.15) is 5.60 Å². The Balaban J connectivity index is 2.08. The summed E-state index contributed by atoms with van der Waals surface area (Å²) in [5.74, 6) is -0.711. The van der Waals surface area contributed by atoms with Gasteiger partial charge in [-0.1, -0.05) is 26.0 Å². The molecule has 1 aliphatic heterocycles. The number of ether oxygens (including phenoxy) is 1. The van der Waals surface area contributed by atoms with Crippen molar-refractivity contribution in [2.75, 3.05) is 0 Å². The molecule has 0 radical (unpaired) electrons. The molecule has 0 bridgehead atoms. The van der Waals surface area contributed by atoms with Crippen LogP contribution in [0.4, 0.5) is 0 Å². The highest BCUT2D eigenvalue weighted by molar-refractivity contribution is 5.68. The largest absolute Gasteiger partial charge is 0.481 e. The lowest BCUT2D eigenvalue weighted by Crippen LogP contribution is -2.35. The van der Waals surface area contributed by atoms with Gasteiger partial charge in [0.05, 0.1) is 12.5 Å². The number of aliphatic carboxylic acids is 1. The van der Waals surface area contributed by atoms with E-state index in [1.54, 1.807) is 0 Å². The fraction of sp³-hybridized carbons (Fsp3) is 0.769. The number of carboxylic acid groups (broad SMARTS) is 1. The van der Waals surface area contributed by atoms with Crippen LogP contribution in [0.1, 0.15) is 46.0 Å². The van der Waals surface area contributed by atoms with E-state index in [4.69, 9.17) is 9.84 Å². The van der Waals surface area contributed by atoms with Crippen LogP contribution in [0.5, 0.6) is 0 Å². The third-order valence-electron chi connectivity index (χ3n) is 4.16. The molecule has 2 fully saturated rings. The second-order valence-corrected chi connectivity index (χ2v) is 5.25. The molecule has 16 heavy (non-hydrogen) atoms. The molecule has 1 saturated carbocycles. The first kappa shape index (κ1) is 11.6. The molecule has 1 aliphatic carbocycles. The molecule has 0 spiro atoms. The second kappa shape index (κ2) is 3.88. The van der Waals surface area contributed by atoms with E-state index in [2.05, 4.69) is 26.0 Å². The Kier molecular flexibility index (Phi) is 2.82. The molecule has 2 aliphatic rings. The van der Waals surface area contributed by atoms with Gasteiger partial charge in [-0.15, -0.1) is 0 Å². The minimum atomic E-state index is -0.711. The van der Waals surface area contributed by atoms with Gasteiger partial charge in [0, 0.05) is 5.41 Å². The molecule has 1 heterocycles. The zero-order valence-electron chi connectivity index (χ0n) is 10.0. The van der Waals surface area contributed by atoms with Gasteiger partial charge in [-0.3, -0.25) is 4.79 Å². The monoisotopic (exact) mass is 224 g/mol. The summed E-state index contributed by atoms with van der Waals surface area (Å²) in [6.45, 7) is 4.17. The van der Waals surface area contributed by atoms with Crippen LogP contribution in [0.3, 0.4) is 0 Å². The maximum Gasteiger partial charge on any atom is 0.304 e. The van der Waals surface area contributed by atoms with Gasteiger partial charge in [0.25, 0.3) is 0 Å². The number of epoxide rings is 1. The van der Waals surface area contributed by atoms with Crippen LogP contribution >= 0.6 is 0 Å². The molecule has 3 heteroatoms. The third kappa shape index (κ3) is 1.67. The zero-order chi connectivity index (χ0) is 11.8. The quantitative estimate of drug-likeness (QED) is 0.577. The van der Waals surface area contributed by atoms with Crippen molar-refractivity contribution in [1.82, 2.24) is 0 Å². The number of carbonyl (C=O) groups is 1. The zero-order valence-corrected chi connectivity index (χ0v) is 10.0. The Morgan fingerprint density at radius 2 is 2.31 bits per heavy atom. The van der Waals surface area contributed by atoms with Crippen LogP contribution in [0.25, 0.3) is 0 Å². The molecule has 2 rings (SSSR count). The second-order valence-electron chi connectivity index (χ2n) is 5.25. The van der Waals surface area contributed by atoms with Gasteiger partial charge < -0.3 is 9.84 Å². The first-order chi connectivity index (χ1) is 7.54. The van der Waals surface area contributed by atoms with E-state index < -0.39 is 5.97 Å². The first-order valence-electron chi connectivity index (χ1n) is 6.09. The summed E-state index contributed by atoms with van der Waals surface area (Å²) in [6, 6.07) is 0. The SMILES string of the molecule is CCC=CC[C@@]12O[C@@H]1CC[C@]2(C)CC(=O)O. The van der Waals surface area contributed by atoms with E-state index >= 15 is 0 Å². The van der Waals surface area contributed by atoms with Gasteiger partial charge in [-0.2, -0.15) is 0 Å². The first-order valence-corrected chi connectivity index (χ1v) is 6.09. The normalized spacial score (nSPS) is 41.2. The lowest BCUT2D eigenvalue weighted by molar-refractivity contribution is -0.140. The van der Waals surface area contributed by atoms with Crippen LogP contribution < -0.4 is 0 Å². The van der Waals surface area contributed by atoms with Crippen molar-refractivity contribution in [3.8, 4) is 0 Å². The number of allylic oxidation sites excluding steroid dienone is 1.